The van der Waals surface area contributed by atoms with E-state index in [1.807, 2.05) is 6.08 Å². The summed E-state index contributed by atoms with van der Waals surface area (Å²) < 4.78 is 6.62. The number of carbonyl (C=O) groups is 1. The Morgan fingerprint density at radius 1 is 1.29 bits per heavy atom. The highest BCUT2D eigenvalue weighted by Crippen LogP contribution is 2.56. The van der Waals surface area contributed by atoms with Gasteiger partial charge in [-0.1, -0.05) is 20.3 Å². The molecule has 0 radical (unpaired) electrons. The third-order valence-corrected chi connectivity index (χ3v) is 6.78. The third kappa shape index (κ3) is 1.77. The highest BCUT2D eigenvalue weighted by Gasteiger charge is 2.61. The minimum atomic E-state index is -0.0833. The number of ether oxygens (including phenoxy) is 1. The van der Waals surface area contributed by atoms with Gasteiger partial charge in [-0.05, 0) is 44.3 Å². The van der Waals surface area contributed by atoms with Crippen LogP contribution in [0.1, 0.15) is 53.4 Å². The van der Waals surface area contributed by atoms with Gasteiger partial charge < -0.3 is 4.74 Å². The van der Waals surface area contributed by atoms with Gasteiger partial charge >= 0.3 is 0 Å². The molecule has 0 aromatic rings. The number of rotatable bonds is 0. The Labute approximate surface area is 127 Å². The van der Waals surface area contributed by atoms with E-state index in [4.69, 9.17) is 4.74 Å². The fraction of sp³-hybridized carbons (Fsp3) is 0.833. The molecule has 0 spiro atoms. The molecule has 0 aromatic heterocycles. The monoisotopic (exact) mass is 289 g/mol. The van der Waals surface area contributed by atoms with Crippen LogP contribution in [0.3, 0.4) is 0 Å². The third-order valence-electron chi connectivity index (χ3n) is 6.78. The second-order valence-corrected chi connectivity index (χ2v) is 8.56. The number of hydrogen-bond donors (Lipinski definition) is 0. The lowest BCUT2D eigenvalue weighted by atomic mass is 9.69. The summed E-state index contributed by atoms with van der Waals surface area (Å²) in [6.07, 6.45) is 6.77. The molecule has 21 heavy (non-hydrogen) atoms. The van der Waals surface area contributed by atoms with Crippen LogP contribution in [0.2, 0.25) is 0 Å². The molecule has 3 heteroatoms. The summed E-state index contributed by atoms with van der Waals surface area (Å²) in [5, 5.41) is 0. The quantitative estimate of drug-likeness (QED) is 0.686. The van der Waals surface area contributed by atoms with Crippen molar-refractivity contribution in [3.8, 4) is 0 Å². The SMILES string of the molecule is C[C@@H]1CC[C@@H]2[C@@H](C1)O[C@@H]1N(CC3=CC(=O)C[C@]31C)C2(C)C. The van der Waals surface area contributed by atoms with E-state index in [2.05, 4.69) is 32.6 Å². The molecule has 0 N–H and O–H groups in total. The molecular formula is C18H27NO2. The van der Waals surface area contributed by atoms with E-state index in [-0.39, 0.29) is 23.0 Å². The van der Waals surface area contributed by atoms with Gasteiger partial charge in [-0.15, -0.1) is 0 Å². The number of carbonyl (C=O) groups excluding carboxylic acids is 1. The molecule has 0 aromatic carbocycles. The second kappa shape index (κ2) is 4.20. The van der Waals surface area contributed by atoms with Gasteiger partial charge in [-0.3, -0.25) is 9.69 Å². The number of allylic oxidation sites excluding steroid dienone is 1. The number of fused-ring (bicyclic) bond motifs is 4. The summed E-state index contributed by atoms with van der Waals surface area (Å²) in [5.74, 6) is 1.68. The lowest BCUT2D eigenvalue weighted by molar-refractivity contribution is -0.241. The Morgan fingerprint density at radius 3 is 2.81 bits per heavy atom. The average molecular weight is 289 g/mol. The Hall–Kier alpha value is -0.670. The predicted octanol–water partition coefficient (Wildman–Crippen LogP) is 3.15. The highest BCUT2D eigenvalue weighted by molar-refractivity contribution is 5.94. The van der Waals surface area contributed by atoms with Crippen molar-refractivity contribution in [2.45, 2.75) is 71.2 Å². The van der Waals surface area contributed by atoms with Gasteiger partial charge in [0.2, 0.25) is 0 Å². The van der Waals surface area contributed by atoms with E-state index in [9.17, 15) is 4.79 Å². The largest absolute Gasteiger partial charge is 0.359 e. The summed E-state index contributed by atoms with van der Waals surface area (Å²) in [6, 6.07) is 0. The lowest BCUT2D eigenvalue weighted by Gasteiger charge is -2.57. The molecule has 2 saturated heterocycles. The minimum Gasteiger partial charge on any atom is -0.359 e. The van der Waals surface area contributed by atoms with Crippen LogP contribution in [-0.2, 0) is 9.53 Å². The topological polar surface area (TPSA) is 29.5 Å². The van der Waals surface area contributed by atoms with E-state index < -0.39 is 0 Å². The fourth-order valence-electron chi connectivity index (χ4n) is 5.36. The first-order chi connectivity index (χ1) is 9.82. The standard InChI is InChI=1S/C18H27NO2/c1-11-5-6-14-15(7-11)21-16-18(4)9-13(20)8-12(18)10-19(16)17(14,2)3/h8,11,14-16H,5-7,9-10H2,1-4H3/t11-,14-,15-,16+,18-/m1/s1. The maximum absolute atomic E-state index is 11.9. The summed E-state index contributed by atoms with van der Waals surface area (Å²) in [6.45, 7) is 10.3. The lowest BCUT2D eigenvalue weighted by Crippen LogP contribution is -2.64. The van der Waals surface area contributed by atoms with Crippen molar-refractivity contribution in [1.82, 2.24) is 4.90 Å². The van der Waals surface area contributed by atoms with Gasteiger partial charge in [0.1, 0.15) is 6.23 Å². The van der Waals surface area contributed by atoms with Crippen LogP contribution in [0.15, 0.2) is 11.6 Å². The zero-order valence-electron chi connectivity index (χ0n) is 13.7. The smallest absolute Gasteiger partial charge is 0.156 e. The van der Waals surface area contributed by atoms with E-state index in [1.54, 1.807) is 0 Å². The normalized spacial score (nSPS) is 48.6. The Morgan fingerprint density at radius 2 is 2.05 bits per heavy atom. The molecule has 0 unspecified atom stereocenters. The van der Waals surface area contributed by atoms with Crippen LogP contribution >= 0.6 is 0 Å². The maximum Gasteiger partial charge on any atom is 0.156 e. The predicted molar refractivity (Wildman–Crippen MR) is 81.8 cm³/mol. The number of nitrogens with zero attached hydrogens (tertiary/aromatic N) is 1. The molecule has 2 heterocycles. The maximum atomic E-state index is 11.9. The van der Waals surface area contributed by atoms with Crippen molar-refractivity contribution in [2.75, 3.05) is 6.54 Å². The van der Waals surface area contributed by atoms with Crippen LogP contribution < -0.4 is 0 Å². The Balaban J connectivity index is 1.72. The minimum absolute atomic E-state index is 0.0833. The van der Waals surface area contributed by atoms with Crippen LogP contribution in [0, 0.1) is 17.3 Å². The first-order valence-corrected chi connectivity index (χ1v) is 8.48. The highest BCUT2D eigenvalue weighted by atomic mass is 16.5. The number of hydrogen-bond acceptors (Lipinski definition) is 3. The Bertz CT molecular complexity index is 523. The molecule has 0 amide bonds. The summed E-state index contributed by atoms with van der Waals surface area (Å²) in [4.78, 5) is 14.4. The molecule has 3 fully saturated rings. The van der Waals surface area contributed by atoms with Crippen molar-refractivity contribution >= 4 is 5.78 Å². The number of ketones is 1. The van der Waals surface area contributed by atoms with Crippen LogP contribution in [0.4, 0.5) is 0 Å². The zero-order chi connectivity index (χ0) is 15.0. The first kappa shape index (κ1) is 14.0. The second-order valence-electron chi connectivity index (χ2n) is 8.56. The van der Waals surface area contributed by atoms with Gasteiger partial charge in [0.15, 0.2) is 5.78 Å². The fourth-order valence-corrected chi connectivity index (χ4v) is 5.36. The van der Waals surface area contributed by atoms with Gasteiger partial charge in [0.25, 0.3) is 0 Å². The molecule has 116 valence electrons. The summed E-state index contributed by atoms with van der Waals surface area (Å²) in [5.41, 5.74) is 1.39. The Kier molecular flexibility index (Phi) is 2.79. The molecule has 4 rings (SSSR count). The van der Waals surface area contributed by atoms with E-state index in [0.717, 1.165) is 12.5 Å². The molecular weight excluding hydrogens is 262 g/mol. The molecule has 2 aliphatic carbocycles. The summed E-state index contributed by atoms with van der Waals surface area (Å²) in [7, 11) is 0. The van der Waals surface area contributed by atoms with Crippen LogP contribution in [-0.4, -0.2) is 35.1 Å². The van der Waals surface area contributed by atoms with Crippen molar-refractivity contribution in [3.63, 3.8) is 0 Å². The van der Waals surface area contributed by atoms with E-state index >= 15 is 0 Å². The van der Waals surface area contributed by atoms with Gasteiger partial charge in [-0.25, -0.2) is 0 Å². The molecule has 5 atom stereocenters. The van der Waals surface area contributed by atoms with Crippen molar-refractivity contribution < 1.29 is 9.53 Å². The molecule has 0 bridgehead atoms. The van der Waals surface area contributed by atoms with Crippen LogP contribution in [0.25, 0.3) is 0 Å². The first-order valence-electron chi connectivity index (χ1n) is 8.48. The molecule has 3 nitrogen and oxygen atoms in total. The van der Waals surface area contributed by atoms with Crippen molar-refractivity contribution in [1.29, 1.82) is 0 Å². The van der Waals surface area contributed by atoms with Crippen molar-refractivity contribution in [3.05, 3.63) is 11.6 Å². The van der Waals surface area contributed by atoms with Crippen molar-refractivity contribution in [2.24, 2.45) is 17.3 Å². The van der Waals surface area contributed by atoms with E-state index in [0.29, 0.717) is 18.4 Å². The molecule has 2 aliphatic heterocycles. The van der Waals surface area contributed by atoms with E-state index in [1.165, 1.54) is 24.8 Å². The summed E-state index contributed by atoms with van der Waals surface area (Å²) >= 11 is 0. The average Bonchev–Trinajstić information content (AvgIpc) is 2.80. The zero-order valence-corrected chi connectivity index (χ0v) is 13.7. The van der Waals surface area contributed by atoms with Gasteiger partial charge in [0, 0.05) is 29.8 Å². The van der Waals surface area contributed by atoms with Gasteiger partial charge in [-0.2, -0.15) is 0 Å². The van der Waals surface area contributed by atoms with Crippen LogP contribution in [0.5, 0.6) is 0 Å². The molecule has 4 aliphatic rings. The molecule has 1 saturated carbocycles. The van der Waals surface area contributed by atoms with Gasteiger partial charge in [0.05, 0.1) is 6.10 Å².